The Morgan fingerprint density at radius 3 is 2.65 bits per heavy atom. The molecule has 4 nitrogen and oxygen atoms in total. The van der Waals surface area contributed by atoms with Gasteiger partial charge in [0.15, 0.2) is 10.8 Å². The zero-order valence-corrected chi connectivity index (χ0v) is 9.91. The van der Waals surface area contributed by atoms with E-state index in [1.54, 1.807) is 0 Å². The number of benzene rings is 1. The van der Waals surface area contributed by atoms with Crippen LogP contribution in [-0.4, -0.2) is 16.1 Å². The molecule has 17 heavy (non-hydrogen) atoms. The first-order chi connectivity index (χ1) is 8.16. The molecule has 5 heteroatoms. The Labute approximate surface area is 103 Å². The number of aromatic nitrogens is 1. The number of carboxylic acid groups (broad SMARTS) is 1. The topological polar surface area (TPSA) is 76.2 Å². The maximum Gasteiger partial charge on any atom is 0.355 e. The van der Waals surface area contributed by atoms with Crippen LogP contribution in [0.5, 0.6) is 0 Å². The highest BCUT2D eigenvalue weighted by Gasteiger charge is 2.15. The number of nitrogens with zero attached hydrogens (tertiary/aromatic N) is 1. The average molecular weight is 248 g/mol. The first kappa shape index (κ1) is 11.6. The molecule has 0 atom stereocenters. The van der Waals surface area contributed by atoms with Gasteiger partial charge in [-0.1, -0.05) is 30.3 Å². The molecule has 0 aliphatic rings. The zero-order chi connectivity index (χ0) is 12.3. The molecule has 0 unspecified atom stereocenters. The number of rotatable bonds is 4. The largest absolute Gasteiger partial charge is 0.476 e. The molecule has 0 saturated carbocycles. The fourth-order valence-corrected chi connectivity index (χ4v) is 2.43. The number of carboxylic acids is 1. The predicted octanol–water partition coefficient (Wildman–Crippen LogP) is 2.21. The SMILES string of the molecule is Nc1nc(C(=O)O)c(CCc2ccccc2)s1. The van der Waals surface area contributed by atoms with Crippen molar-refractivity contribution < 1.29 is 9.90 Å². The van der Waals surface area contributed by atoms with Crippen LogP contribution in [-0.2, 0) is 12.8 Å². The van der Waals surface area contributed by atoms with Gasteiger partial charge < -0.3 is 10.8 Å². The summed E-state index contributed by atoms with van der Waals surface area (Å²) in [5, 5.41) is 9.28. The Bertz CT molecular complexity index is 523. The highest BCUT2D eigenvalue weighted by Crippen LogP contribution is 2.22. The van der Waals surface area contributed by atoms with Gasteiger partial charge in [0, 0.05) is 4.88 Å². The number of nitrogen functional groups attached to an aromatic ring is 1. The van der Waals surface area contributed by atoms with Gasteiger partial charge in [-0.2, -0.15) is 0 Å². The summed E-state index contributed by atoms with van der Waals surface area (Å²) in [6.07, 6.45) is 1.45. The Kier molecular flexibility index (Phi) is 3.39. The van der Waals surface area contributed by atoms with Crippen LogP contribution in [0.15, 0.2) is 30.3 Å². The van der Waals surface area contributed by atoms with Crippen molar-refractivity contribution in [3.8, 4) is 0 Å². The molecule has 0 bridgehead atoms. The first-order valence-electron chi connectivity index (χ1n) is 5.19. The molecular weight excluding hydrogens is 236 g/mol. The van der Waals surface area contributed by atoms with Gasteiger partial charge in [0.05, 0.1) is 0 Å². The van der Waals surface area contributed by atoms with E-state index in [9.17, 15) is 4.79 Å². The number of aromatic carboxylic acids is 1. The molecule has 0 saturated heterocycles. The summed E-state index contributed by atoms with van der Waals surface area (Å²) < 4.78 is 0. The Hall–Kier alpha value is -1.88. The molecule has 0 radical (unpaired) electrons. The number of anilines is 1. The molecule has 0 aliphatic carbocycles. The van der Waals surface area contributed by atoms with Crippen molar-refractivity contribution in [1.29, 1.82) is 0 Å². The third-order valence-corrected chi connectivity index (χ3v) is 3.34. The highest BCUT2D eigenvalue weighted by molar-refractivity contribution is 7.15. The molecule has 0 amide bonds. The van der Waals surface area contributed by atoms with E-state index in [0.29, 0.717) is 11.6 Å². The Morgan fingerprint density at radius 2 is 2.00 bits per heavy atom. The van der Waals surface area contributed by atoms with Crippen LogP contribution in [0.4, 0.5) is 5.13 Å². The molecule has 1 aromatic heterocycles. The summed E-state index contributed by atoms with van der Waals surface area (Å²) in [6, 6.07) is 9.93. The fraction of sp³-hybridized carbons (Fsp3) is 0.167. The summed E-state index contributed by atoms with van der Waals surface area (Å²) >= 11 is 1.25. The fourth-order valence-electron chi connectivity index (χ4n) is 1.61. The van der Waals surface area contributed by atoms with Gasteiger partial charge in [-0.05, 0) is 18.4 Å². The molecule has 0 spiro atoms. The van der Waals surface area contributed by atoms with Crippen molar-refractivity contribution >= 4 is 22.4 Å². The Morgan fingerprint density at radius 1 is 1.29 bits per heavy atom. The third-order valence-electron chi connectivity index (χ3n) is 2.40. The molecule has 88 valence electrons. The zero-order valence-electron chi connectivity index (χ0n) is 9.09. The van der Waals surface area contributed by atoms with Gasteiger partial charge in [0.25, 0.3) is 0 Å². The second-order valence-electron chi connectivity index (χ2n) is 3.61. The van der Waals surface area contributed by atoms with Crippen LogP contribution in [0, 0.1) is 0 Å². The van der Waals surface area contributed by atoms with Crippen molar-refractivity contribution in [2.45, 2.75) is 12.8 Å². The second-order valence-corrected chi connectivity index (χ2v) is 4.73. The summed E-state index contributed by atoms with van der Waals surface area (Å²) in [5.41, 5.74) is 6.79. The second kappa shape index (κ2) is 4.97. The predicted molar refractivity (Wildman–Crippen MR) is 67.3 cm³/mol. The maximum atomic E-state index is 10.9. The van der Waals surface area contributed by atoms with E-state index >= 15 is 0 Å². The van der Waals surface area contributed by atoms with Crippen molar-refractivity contribution in [1.82, 2.24) is 4.98 Å². The third kappa shape index (κ3) is 2.82. The summed E-state index contributed by atoms with van der Waals surface area (Å²) in [6.45, 7) is 0. The molecule has 3 N–H and O–H groups in total. The molecule has 0 fully saturated rings. The lowest BCUT2D eigenvalue weighted by atomic mass is 10.1. The van der Waals surface area contributed by atoms with Gasteiger partial charge in [-0.25, -0.2) is 9.78 Å². The van der Waals surface area contributed by atoms with Gasteiger partial charge in [-0.15, -0.1) is 11.3 Å². The number of thiazole rings is 1. The monoisotopic (exact) mass is 248 g/mol. The molecule has 1 heterocycles. The minimum absolute atomic E-state index is 0.0865. The quantitative estimate of drug-likeness (QED) is 0.869. The van der Waals surface area contributed by atoms with Crippen molar-refractivity contribution in [3.05, 3.63) is 46.5 Å². The van der Waals surface area contributed by atoms with Crippen molar-refractivity contribution in [2.24, 2.45) is 0 Å². The number of hydrogen-bond acceptors (Lipinski definition) is 4. The first-order valence-corrected chi connectivity index (χ1v) is 6.01. The number of carbonyl (C=O) groups is 1. The van der Waals surface area contributed by atoms with Crippen LogP contribution in [0.3, 0.4) is 0 Å². The maximum absolute atomic E-state index is 10.9. The van der Waals surface area contributed by atoms with Crippen LogP contribution >= 0.6 is 11.3 Å². The highest BCUT2D eigenvalue weighted by atomic mass is 32.1. The van der Waals surface area contributed by atoms with Gasteiger partial charge in [0.2, 0.25) is 0 Å². The minimum atomic E-state index is -1.01. The van der Waals surface area contributed by atoms with E-state index in [4.69, 9.17) is 10.8 Å². The van der Waals surface area contributed by atoms with Crippen LogP contribution in [0.2, 0.25) is 0 Å². The van der Waals surface area contributed by atoms with Crippen LogP contribution in [0.1, 0.15) is 20.9 Å². The average Bonchev–Trinajstić information content (AvgIpc) is 2.69. The molecule has 0 aliphatic heterocycles. The van der Waals surface area contributed by atoms with E-state index in [1.165, 1.54) is 16.9 Å². The number of aryl methyl sites for hydroxylation is 2. The van der Waals surface area contributed by atoms with E-state index in [1.807, 2.05) is 30.3 Å². The summed E-state index contributed by atoms with van der Waals surface area (Å²) in [5.74, 6) is -1.01. The molecule has 2 rings (SSSR count). The van der Waals surface area contributed by atoms with Gasteiger partial charge >= 0.3 is 5.97 Å². The summed E-state index contributed by atoms with van der Waals surface area (Å²) in [4.78, 5) is 15.5. The van der Waals surface area contributed by atoms with Crippen LogP contribution in [0.25, 0.3) is 0 Å². The minimum Gasteiger partial charge on any atom is -0.476 e. The van der Waals surface area contributed by atoms with Gasteiger partial charge in [0.1, 0.15) is 0 Å². The van der Waals surface area contributed by atoms with E-state index in [2.05, 4.69) is 4.98 Å². The Balaban J connectivity index is 2.11. The lowest BCUT2D eigenvalue weighted by Crippen LogP contribution is -2.02. The van der Waals surface area contributed by atoms with E-state index in [0.717, 1.165) is 11.3 Å². The van der Waals surface area contributed by atoms with Crippen molar-refractivity contribution in [2.75, 3.05) is 5.73 Å². The number of hydrogen-bond donors (Lipinski definition) is 2. The standard InChI is InChI=1S/C12H12N2O2S/c13-12-14-10(11(15)16)9(17-12)7-6-8-4-2-1-3-5-8/h1-5H,6-7H2,(H2,13,14)(H,15,16). The van der Waals surface area contributed by atoms with E-state index < -0.39 is 5.97 Å². The number of nitrogens with two attached hydrogens (primary N) is 1. The van der Waals surface area contributed by atoms with Gasteiger partial charge in [-0.3, -0.25) is 0 Å². The molecular formula is C12H12N2O2S. The normalized spacial score (nSPS) is 10.4. The van der Waals surface area contributed by atoms with Crippen LogP contribution < -0.4 is 5.73 Å². The molecule has 2 aromatic rings. The van der Waals surface area contributed by atoms with E-state index in [-0.39, 0.29) is 5.69 Å². The molecule has 1 aromatic carbocycles. The summed E-state index contributed by atoms with van der Waals surface area (Å²) in [7, 11) is 0. The lowest BCUT2D eigenvalue weighted by Gasteiger charge is -1.99. The smallest absolute Gasteiger partial charge is 0.355 e. The lowest BCUT2D eigenvalue weighted by molar-refractivity contribution is 0.0690. The van der Waals surface area contributed by atoms with Crippen molar-refractivity contribution in [3.63, 3.8) is 0 Å².